The zero-order valence-corrected chi connectivity index (χ0v) is 30.4. The van der Waals surface area contributed by atoms with Crippen LogP contribution in [0.2, 0.25) is 0 Å². The van der Waals surface area contributed by atoms with Crippen molar-refractivity contribution in [3.8, 4) is 17.2 Å². The van der Waals surface area contributed by atoms with Gasteiger partial charge in [-0.1, -0.05) is 29.4 Å². The minimum atomic E-state index is -0.690. The van der Waals surface area contributed by atoms with Gasteiger partial charge in [0, 0.05) is 61.4 Å². The first kappa shape index (κ1) is 33.6. The van der Waals surface area contributed by atoms with E-state index in [1.54, 1.807) is 0 Å². The zero-order valence-electron chi connectivity index (χ0n) is 30.4. The number of rotatable bonds is 8. The second-order valence-corrected chi connectivity index (χ2v) is 16.4. The third-order valence-electron chi connectivity index (χ3n) is 12.7. The Bertz CT molecular complexity index is 2140. The third-order valence-corrected chi connectivity index (χ3v) is 12.7. The molecule has 3 aliphatic carbocycles. The summed E-state index contributed by atoms with van der Waals surface area (Å²) in [4.78, 5) is 43.5. The van der Waals surface area contributed by atoms with Crippen molar-refractivity contribution in [2.24, 2.45) is 17.3 Å². The lowest BCUT2D eigenvalue weighted by Crippen LogP contribution is -2.62. The van der Waals surface area contributed by atoms with Crippen molar-refractivity contribution in [3.05, 3.63) is 88.2 Å². The van der Waals surface area contributed by atoms with Crippen molar-refractivity contribution in [2.45, 2.75) is 77.2 Å². The molecule has 1 aromatic heterocycles. The van der Waals surface area contributed by atoms with E-state index in [0.29, 0.717) is 24.6 Å². The van der Waals surface area contributed by atoms with E-state index in [1.165, 1.54) is 4.90 Å². The molecule has 1 spiro atoms. The van der Waals surface area contributed by atoms with Crippen LogP contribution in [-0.4, -0.2) is 64.9 Å². The molecule has 2 unspecified atom stereocenters. The maximum atomic E-state index is 15.6. The molecular weight excluding hydrogens is 671 g/mol. The largest absolute Gasteiger partial charge is 0.368 e. The Morgan fingerprint density at radius 2 is 1.83 bits per heavy atom. The highest BCUT2D eigenvalue weighted by Crippen LogP contribution is 2.55. The van der Waals surface area contributed by atoms with Crippen LogP contribution in [0, 0.1) is 49.4 Å². The fourth-order valence-electron chi connectivity index (χ4n) is 9.74. The van der Waals surface area contributed by atoms with Crippen molar-refractivity contribution in [1.29, 1.82) is 5.26 Å². The molecule has 0 radical (unpaired) electrons. The number of carbonyl (C=O) groups is 3. The number of likely N-dealkylation sites (tertiary alicyclic amines) is 2. The van der Waals surface area contributed by atoms with E-state index >= 15 is 4.39 Å². The van der Waals surface area contributed by atoms with Crippen LogP contribution < -0.4 is 10.2 Å². The number of nitrogens with zero attached hydrogens (tertiary/aromatic N) is 5. The van der Waals surface area contributed by atoms with Crippen molar-refractivity contribution in [3.63, 3.8) is 0 Å². The average molecular weight is 715 g/mol. The third kappa shape index (κ3) is 5.56. The molecule has 1 N–H and O–H groups in total. The summed E-state index contributed by atoms with van der Waals surface area (Å²) >= 11 is 0. The summed E-state index contributed by atoms with van der Waals surface area (Å²) in [6.45, 7) is 8.72. The number of piperidine rings is 1. The van der Waals surface area contributed by atoms with Gasteiger partial charge in [0.15, 0.2) is 0 Å². The van der Waals surface area contributed by atoms with Crippen LogP contribution in [-0.2, 0) is 19.8 Å². The van der Waals surface area contributed by atoms with Gasteiger partial charge in [0.2, 0.25) is 17.7 Å². The van der Waals surface area contributed by atoms with Crippen molar-refractivity contribution in [2.75, 3.05) is 31.1 Å². The van der Waals surface area contributed by atoms with E-state index in [9.17, 15) is 19.6 Å². The Morgan fingerprint density at radius 1 is 1.08 bits per heavy atom. The number of nitrogens with one attached hydrogen (secondary N) is 1. The number of fused-ring (bicyclic) bond motifs is 1. The van der Waals surface area contributed by atoms with E-state index in [2.05, 4.69) is 75.7 Å². The van der Waals surface area contributed by atoms with Gasteiger partial charge in [0.1, 0.15) is 17.6 Å². The molecule has 10 nitrogen and oxygen atoms in total. The highest BCUT2D eigenvalue weighted by molar-refractivity contribution is 6.02. The standard InChI is InChI=1S/C42H43FN6O4/c1-24-4-5-28(38-25(2)46-53-26(38)3)14-35(24)48(31-8-6-30(7-9-31)42(21-44)12-13-42)19-27-17-41(18-27)22-47(23-41)36-15-29-20-49(40(52)32(29)16-33(36)43)34-10-11-37(50)45-39(34)51/h4-9,14-15,27,32,34H,10-13,16-20,22-23H2,1-3H3,(H,45,50,51). The molecule has 6 aliphatic rings. The lowest BCUT2D eigenvalue weighted by atomic mass is 9.57. The Balaban J connectivity index is 0.907. The zero-order chi connectivity index (χ0) is 36.8. The Labute approximate surface area is 308 Å². The molecule has 2 saturated carbocycles. The van der Waals surface area contributed by atoms with Crippen molar-refractivity contribution < 1.29 is 23.3 Å². The summed E-state index contributed by atoms with van der Waals surface area (Å²) in [6, 6.07) is 16.9. The predicted octanol–water partition coefficient (Wildman–Crippen LogP) is 6.45. The van der Waals surface area contributed by atoms with Crippen LogP contribution >= 0.6 is 0 Å². The van der Waals surface area contributed by atoms with E-state index in [4.69, 9.17) is 4.52 Å². The molecule has 3 saturated heterocycles. The van der Waals surface area contributed by atoms with Crippen LogP contribution in [0.1, 0.15) is 67.5 Å². The molecule has 9 rings (SSSR count). The number of anilines is 2. The summed E-state index contributed by atoms with van der Waals surface area (Å²) < 4.78 is 21.2. The lowest BCUT2D eigenvalue weighted by molar-refractivity contribution is -0.144. The van der Waals surface area contributed by atoms with Gasteiger partial charge in [-0.2, -0.15) is 5.26 Å². The number of imide groups is 1. The number of carbonyl (C=O) groups excluding carboxylic acids is 3. The molecule has 53 heavy (non-hydrogen) atoms. The minimum Gasteiger partial charge on any atom is -0.368 e. The number of halogens is 1. The average Bonchev–Trinajstić information content (AvgIpc) is 3.76. The number of hydrogen-bond donors (Lipinski definition) is 1. The second kappa shape index (κ2) is 12.2. The van der Waals surface area contributed by atoms with Gasteiger partial charge in [-0.25, -0.2) is 4.39 Å². The number of allylic oxidation sites excluding steroid dienone is 2. The first-order valence-corrected chi connectivity index (χ1v) is 18.8. The fourth-order valence-corrected chi connectivity index (χ4v) is 9.74. The summed E-state index contributed by atoms with van der Waals surface area (Å²) in [5.41, 5.74) is 8.60. The molecule has 2 atom stereocenters. The number of aromatic nitrogens is 1. The fraction of sp³-hybridized carbons (Fsp3) is 0.452. The van der Waals surface area contributed by atoms with Gasteiger partial charge < -0.3 is 19.2 Å². The number of aryl methyl sites for hydroxylation is 3. The minimum absolute atomic E-state index is 0.0193. The van der Waals surface area contributed by atoms with Gasteiger partial charge in [-0.05, 0) is 105 Å². The topological polar surface area (TPSA) is 123 Å². The summed E-state index contributed by atoms with van der Waals surface area (Å²) in [6.07, 6.45) is 6.24. The van der Waals surface area contributed by atoms with Gasteiger partial charge >= 0.3 is 0 Å². The quantitative estimate of drug-likeness (QED) is 0.265. The molecule has 5 fully saturated rings. The number of hydrogen-bond acceptors (Lipinski definition) is 8. The smallest absolute Gasteiger partial charge is 0.249 e. The SMILES string of the molecule is Cc1ccc(-c2c(C)noc2C)cc1N(CC1CC2(C1)CN(C1=C(F)CC3C(=O)N(C4CCC(=O)NC4=O)CC3=C1)C2)c1ccc(C2(C#N)CC2)cc1. The number of nitriles is 1. The van der Waals surface area contributed by atoms with E-state index in [0.717, 1.165) is 96.0 Å². The Hall–Kier alpha value is -5.24. The van der Waals surface area contributed by atoms with Gasteiger partial charge in [-0.3, -0.25) is 19.7 Å². The molecule has 2 aromatic carbocycles. The molecule has 11 heteroatoms. The highest BCUT2D eigenvalue weighted by Gasteiger charge is 2.54. The van der Waals surface area contributed by atoms with Crippen LogP contribution in [0.3, 0.4) is 0 Å². The maximum Gasteiger partial charge on any atom is 0.249 e. The molecular formula is C42H43FN6O4. The Kier molecular flexibility index (Phi) is 7.70. The molecule has 272 valence electrons. The lowest BCUT2D eigenvalue weighted by Gasteiger charge is -2.61. The Morgan fingerprint density at radius 3 is 2.49 bits per heavy atom. The van der Waals surface area contributed by atoms with Gasteiger partial charge in [-0.15, -0.1) is 0 Å². The molecule has 3 aromatic rings. The normalized spacial score (nSPS) is 24.4. The van der Waals surface area contributed by atoms with Crippen LogP contribution in [0.25, 0.3) is 11.1 Å². The van der Waals surface area contributed by atoms with Gasteiger partial charge in [0.25, 0.3) is 0 Å². The second-order valence-electron chi connectivity index (χ2n) is 16.4. The predicted molar refractivity (Wildman–Crippen MR) is 195 cm³/mol. The van der Waals surface area contributed by atoms with Gasteiger partial charge in [0.05, 0.1) is 28.8 Å². The number of benzene rings is 2. The molecule has 0 bridgehead atoms. The summed E-state index contributed by atoms with van der Waals surface area (Å²) in [7, 11) is 0. The van der Waals surface area contributed by atoms with Crippen LogP contribution in [0.4, 0.5) is 15.8 Å². The first-order valence-electron chi connectivity index (χ1n) is 18.8. The van der Waals surface area contributed by atoms with E-state index in [-0.39, 0.29) is 41.3 Å². The number of amides is 3. The molecule has 3 aliphatic heterocycles. The van der Waals surface area contributed by atoms with Crippen molar-refractivity contribution >= 4 is 29.1 Å². The molecule has 3 amide bonds. The van der Waals surface area contributed by atoms with E-state index < -0.39 is 17.9 Å². The highest BCUT2D eigenvalue weighted by atomic mass is 19.1. The monoisotopic (exact) mass is 714 g/mol. The van der Waals surface area contributed by atoms with Crippen molar-refractivity contribution in [1.82, 2.24) is 20.3 Å². The summed E-state index contributed by atoms with van der Waals surface area (Å²) in [5, 5.41) is 16.3. The van der Waals surface area contributed by atoms with Crippen LogP contribution in [0.5, 0.6) is 0 Å². The molecule has 4 heterocycles. The van der Waals surface area contributed by atoms with Crippen LogP contribution in [0.15, 0.2) is 70.2 Å². The summed E-state index contributed by atoms with van der Waals surface area (Å²) in [5.74, 6) is -0.622. The van der Waals surface area contributed by atoms with E-state index in [1.807, 2.05) is 19.9 Å². The first-order chi connectivity index (χ1) is 25.5. The maximum absolute atomic E-state index is 15.6.